The van der Waals surface area contributed by atoms with E-state index in [1.807, 2.05) is 4.98 Å². The predicted molar refractivity (Wildman–Crippen MR) is 100 cm³/mol. The number of alkyl halides is 3. The van der Waals surface area contributed by atoms with Crippen LogP contribution in [0.2, 0.25) is 0 Å². The van der Waals surface area contributed by atoms with Crippen LogP contribution < -0.4 is 20.9 Å². The molecule has 0 saturated heterocycles. The lowest BCUT2D eigenvalue weighted by molar-refractivity contribution is -0.137. The number of hydrogen-bond acceptors (Lipinski definition) is 4. The van der Waals surface area contributed by atoms with E-state index in [9.17, 15) is 27.6 Å². The maximum atomic E-state index is 12.7. The maximum Gasteiger partial charge on any atom is 0.417 e. The Bertz CT molecular complexity index is 966. The third-order valence-electron chi connectivity index (χ3n) is 3.78. The molecule has 0 spiro atoms. The predicted octanol–water partition coefficient (Wildman–Crippen LogP) is 2.56. The van der Waals surface area contributed by atoms with Gasteiger partial charge in [0.25, 0.3) is 5.56 Å². The molecule has 29 heavy (non-hydrogen) atoms. The van der Waals surface area contributed by atoms with Gasteiger partial charge in [0, 0.05) is 12.3 Å². The molecule has 3 N–H and O–H groups in total. The normalized spacial score (nSPS) is 12.4. The second kappa shape index (κ2) is 9.09. The van der Waals surface area contributed by atoms with Crippen molar-refractivity contribution in [2.75, 3.05) is 12.4 Å². The van der Waals surface area contributed by atoms with Crippen LogP contribution in [0.25, 0.3) is 6.08 Å². The lowest BCUT2D eigenvalue weighted by Crippen LogP contribution is -2.41. The number of hydrogen-bond donors (Lipinski definition) is 3. The van der Waals surface area contributed by atoms with E-state index in [1.54, 1.807) is 24.3 Å². The first-order valence-corrected chi connectivity index (χ1v) is 8.33. The molecule has 10 heteroatoms. The highest BCUT2D eigenvalue weighted by atomic mass is 19.4. The summed E-state index contributed by atoms with van der Waals surface area (Å²) < 4.78 is 43.2. The summed E-state index contributed by atoms with van der Waals surface area (Å²) in [7, 11) is 1.53. The first-order valence-electron chi connectivity index (χ1n) is 8.33. The highest BCUT2D eigenvalue weighted by molar-refractivity contribution is 5.99. The number of aromatic amines is 1. The van der Waals surface area contributed by atoms with E-state index in [2.05, 4.69) is 10.6 Å². The van der Waals surface area contributed by atoms with E-state index >= 15 is 0 Å². The molecule has 0 bridgehead atoms. The Kier molecular flexibility index (Phi) is 6.81. The van der Waals surface area contributed by atoms with Gasteiger partial charge in [0.15, 0.2) is 0 Å². The second-order valence-electron chi connectivity index (χ2n) is 5.95. The number of carbonyl (C=O) groups excluding carboxylic acids is 2. The van der Waals surface area contributed by atoms with Gasteiger partial charge >= 0.3 is 6.18 Å². The number of amides is 2. The second-order valence-corrected chi connectivity index (χ2v) is 5.95. The van der Waals surface area contributed by atoms with Crippen LogP contribution in [-0.4, -0.2) is 29.9 Å². The Balaban J connectivity index is 1.98. The molecule has 1 aromatic carbocycles. The Hall–Kier alpha value is -3.56. The zero-order chi connectivity index (χ0) is 21.6. The average Bonchev–Trinajstić information content (AvgIpc) is 2.67. The Morgan fingerprint density at radius 3 is 2.45 bits per heavy atom. The molecule has 7 nitrogen and oxygen atoms in total. The summed E-state index contributed by atoms with van der Waals surface area (Å²) in [5, 5.41) is 4.44. The fourth-order valence-corrected chi connectivity index (χ4v) is 2.20. The zero-order valence-corrected chi connectivity index (χ0v) is 15.5. The van der Waals surface area contributed by atoms with Crippen LogP contribution in [0.15, 0.2) is 47.4 Å². The quantitative estimate of drug-likeness (QED) is 0.639. The van der Waals surface area contributed by atoms with Crippen LogP contribution in [-0.2, 0) is 15.8 Å². The number of halogens is 3. The van der Waals surface area contributed by atoms with Crippen LogP contribution in [0.3, 0.4) is 0 Å². The third kappa shape index (κ3) is 6.23. The topological polar surface area (TPSA) is 100 Å². The van der Waals surface area contributed by atoms with Crippen molar-refractivity contribution in [1.29, 1.82) is 0 Å². The van der Waals surface area contributed by atoms with Crippen molar-refractivity contribution in [3.63, 3.8) is 0 Å². The average molecular weight is 409 g/mol. The van der Waals surface area contributed by atoms with Gasteiger partial charge in [-0.3, -0.25) is 14.4 Å². The first kappa shape index (κ1) is 21.7. The summed E-state index contributed by atoms with van der Waals surface area (Å²) in [4.78, 5) is 37.6. The molecule has 0 aliphatic carbocycles. The summed E-state index contributed by atoms with van der Waals surface area (Å²) >= 11 is 0. The Morgan fingerprint density at radius 2 is 1.86 bits per heavy atom. The molecule has 0 fully saturated rings. The number of aromatic nitrogens is 1. The molecule has 1 heterocycles. The number of pyridine rings is 1. The fraction of sp³-hybridized carbons (Fsp3) is 0.211. The van der Waals surface area contributed by atoms with E-state index in [1.165, 1.54) is 26.2 Å². The minimum absolute atomic E-state index is 0.507. The molecule has 0 radical (unpaired) electrons. The van der Waals surface area contributed by atoms with Crippen LogP contribution in [0, 0.1) is 0 Å². The number of H-pyrrole nitrogens is 1. The van der Waals surface area contributed by atoms with E-state index in [-0.39, 0.29) is 0 Å². The molecule has 0 aliphatic rings. The van der Waals surface area contributed by atoms with E-state index in [0.717, 1.165) is 0 Å². The van der Waals surface area contributed by atoms with E-state index < -0.39 is 40.8 Å². The van der Waals surface area contributed by atoms with Gasteiger partial charge in [-0.1, -0.05) is 12.1 Å². The fourth-order valence-electron chi connectivity index (χ4n) is 2.20. The van der Waals surface area contributed by atoms with Gasteiger partial charge in [-0.2, -0.15) is 13.2 Å². The van der Waals surface area contributed by atoms with Crippen LogP contribution in [0.5, 0.6) is 5.75 Å². The molecule has 2 aromatic rings. The van der Waals surface area contributed by atoms with Crippen LogP contribution in [0.1, 0.15) is 18.1 Å². The SMILES string of the molecule is COc1ccc(C=CC(=O)NC(C)C(=O)Nc2cc(C(F)(F)F)c[nH]c2=O)cc1. The minimum atomic E-state index is -4.68. The standard InChI is InChI=1S/C19H18F3N3O4/c1-11(24-16(26)8-5-12-3-6-14(29-2)7-4-12)17(27)25-15-9-13(19(20,21)22)10-23-18(15)28/h3-11H,1-2H3,(H,23,28)(H,24,26)(H,25,27). The summed E-state index contributed by atoms with van der Waals surface area (Å²) in [5.74, 6) is -0.788. The Labute approximate surface area is 163 Å². The van der Waals surface area contributed by atoms with Crippen LogP contribution in [0.4, 0.5) is 18.9 Å². The van der Waals surface area contributed by atoms with Crippen molar-refractivity contribution < 1.29 is 27.5 Å². The lowest BCUT2D eigenvalue weighted by Gasteiger charge is -2.13. The molecule has 2 amide bonds. The number of benzene rings is 1. The molecule has 1 atom stereocenters. The van der Waals surface area contributed by atoms with Gasteiger partial charge in [-0.15, -0.1) is 0 Å². The zero-order valence-electron chi connectivity index (χ0n) is 15.5. The summed E-state index contributed by atoms with van der Waals surface area (Å²) in [6.45, 7) is 1.33. The smallest absolute Gasteiger partial charge is 0.417 e. The Morgan fingerprint density at radius 1 is 1.21 bits per heavy atom. The van der Waals surface area contributed by atoms with Crippen molar-refractivity contribution in [3.05, 3.63) is 64.1 Å². The molecule has 0 aliphatic heterocycles. The molecule has 1 aromatic heterocycles. The number of anilines is 1. The highest BCUT2D eigenvalue weighted by Gasteiger charge is 2.31. The van der Waals surface area contributed by atoms with Gasteiger partial charge in [0.05, 0.1) is 12.7 Å². The molecule has 0 saturated carbocycles. The number of methoxy groups -OCH3 is 1. The van der Waals surface area contributed by atoms with Gasteiger partial charge in [-0.05, 0) is 36.8 Å². The van der Waals surface area contributed by atoms with Crippen molar-refractivity contribution in [1.82, 2.24) is 10.3 Å². The molecular formula is C19H18F3N3O4. The van der Waals surface area contributed by atoms with Gasteiger partial charge < -0.3 is 20.4 Å². The lowest BCUT2D eigenvalue weighted by atomic mass is 10.2. The number of ether oxygens (including phenoxy) is 1. The van der Waals surface area contributed by atoms with Crippen LogP contribution >= 0.6 is 0 Å². The number of nitrogens with one attached hydrogen (secondary N) is 3. The third-order valence-corrected chi connectivity index (χ3v) is 3.78. The van der Waals surface area contributed by atoms with Gasteiger partial charge in [0.1, 0.15) is 17.5 Å². The van der Waals surface area contributed by atoms with Gasteiger partial charge in [-0.25, -0.2) is 0 Å². The van der Waals surface area contributed by atoms with Gasteiger partial charge in [0.2, 0.25) is 11.8 Å². The minimum Gasteiger partial charge on any atom is -0.497 e. The molecule has 1 unspecified atom stereocenters. The van der Waals surface area contributed by atoms with Crippen molar-refractivity contribution in [2.24, 2.45) is 0 Å². The summed E-state index contributed by atoms with van der Waals surface area (Å²) in [5.41, 5.74) is -1.87. The molecular weight excluding hydrogens is 391 g/mol. The maximum absolute atomic E-state index is 12.7. The summed E-state index contributed by atoms with van der Waals surface area (Å²) in [6, 6.07) is 6.28. The van der Waals surface area contributed by atoms with E-state index in [4.69, 9.17) is 4.74 Å². The summed E-state index contributed by atoms with van der Waals surface area (Å²) in [6.07, 6.45) is -1.47. The van der Waals surface area contributed by atoms with Crippen molar-refractivity contribution in [2.45, 2.75) is 19.1 Å². The molecule has 154 valence electrons. The highest BCUT2D eigenvalue weighted by Crippen LogP contribution is 2.29. The molecule has 2 rings (SSSR count). The number of rotatable bonds is 6. The van der Waals surface area contributed by atoms with Crippen molar-refractivity contribution >= 4 is 23.6 Å². The van der Waals surface area contributed by atoms with Crippen molar-refractivity contribution in [3.8, 4) is 5.75 Å². The largest absolute Gasteiger partial charge is 0.497 e. The monoisotopic (exact) mass is 409 g/mol. The number of carbonyl (C=O) groups is 2. The van der Waals surface area contributed by atoms with E-state index in [0.29, 0.717) is 23.6 Å². The first-order chi connectivity index (χ1) is 13.6.